The molecule has 0 bridgehead atoms. The molecule has 2 heterocycles. The number of hydrogen-bond donors (Lipinski definition) is 6. The number of phosphoric acid groups is 3. The van der Waals surface area contributed by atoms with Crippen LogP contribution < -0.4 is 11.2 Å². The fourth-order valence-electron chi connectivity index (χ4n) is 2.88. The van der Waals surface area contributed by atoms with Gasteiger partial charge in [0, 0.05) is 12.3 Å². The SMILES string of the molecule is CC[C@]1(N=O)[C@H](n2ccc(=O)[nH]c2=O)O[C@](F)(COP(=O)(O)OP(=O)(O)OP(=O)(O)O)[C@H]1O. The predicted molar refractivity (Wildman–Crippen MR) is 99.9 cm³/mol. The lowest BCUT2D eigenvalue weighted by Gasteiger charge is -2.28. The first-order valence-corrected chi connectivity index (χ1v) is 12.9. The van der Waals surface area contributed by atoms with E-state index in [-0.39, 0.29) is 0 Å². The zero-order valence-corrected chi connectivity index (χ0v) is 18.8. The summed E-state index contributed by atoms with van der Waals surface area (Å²) in [6.45, 7) is -0.546. The molecule has 0 radical (unpaired) electrons. The second-order valence-electron chi connectivity index (χ2n) is 6.48. The summed E-state index contributed by atoms with van der Waals surface area (Å²) in [5.41, 5.74) is -4.50. The zero-order chi connectivity index (χ0) is 25.5. The summed E-state index contributed by atoms with van der Waals surface area (Å²) in [6, 6.07) is 0.798. The van der Waals surface area contributed by atoms with Crippen LogP contribution in [0, 0.1) is 4.91 Å². The van der Waals surface area contributed by atoms with Crippen molar-refractivity contribution < 1.29 is 60.6 Å². The zero-order valence-electron chi connectivity index (χ0n) is 16.2. The van der Waals surface area contributed by atoms with Gasteiger partial charge < -0.3 is 29.4 Å². The maximum absolute atomic E-state index is 15.4. The highest BCUT2D eigenvalue weighted by molar-refractivity contribution is 7.66. The van der Waals surface area contributed by atoms with E-state index in [1.54, 1.807) is 4.98 Å². The number of alkyl halides is 1. The van der Waals surface area contributed by atoms with Crippen LogP contribution in [0.4, 0.5) is 4.39 Å². The Bertz CT molecular complexity index is 1170. The number of H-pyrrole nitrogens is 1. The smallest absolute Gasteiger partial charge is 0.384 e. The molecule has 22 heteroatoms. The van der Waals surface area contributed by atoms with Crippen LogP contribution in [0.25, 0.3) is 0 Å². The van der Waals surface area contributed by atoms with Gasteiger partial charge in [-0.25, -0.2) is 22.9 Å². The molecule has 1 aliphatic heterocycles. The van der Waals surface area contributed by atoms with Crippen LogP contribution in [0.1, 0.15) is 19.6 Å². The van der Waals surface area contributed by atoms with Crippen molar-refractivity contribution in [2.24, 2.45) is 5.18 Å². The molecule has 18 nitrogen and oxygen atoms in total. The van der Waals surface area contributed by atoms with E-state index in [0.29, 0.717) is 4.57 Å². The molecular weight excluding hydrogens is 526 g/mol. The number of rotatable bonds is 10. The molecule has 0 saturated carbocycles. The number of aliphatic hydroxyl groups is 1. The number of nitrogens with one attached hydrogen (secondary N) is 1. The molecule has 0 aromatic carbocycles. The molecule has 1 aromatic rings. The maximum atomic E-state index is 15.4. The number of nitrogens with zero attached hydrogens (tertiary/aromatic N) is 2. The third-order valence-electron chi connectivity index (χ3n) is 4.30. The third kappa shape index (κ3) is 6.16. The number of halogens is 1. The first-order chi connectivity index (χ1) is 14.9. The first kappa shape index (κ1) is 27.8. The normalized spacial score (nSPS) is 31.6. The van der Waals surface area contributed by atoms with E-state index >= 15 is 4.39 Å². The Morgan fingerprint density at radius 1 is 1.21 bits per heavy atom. The minimum atomic E-state index is -5.92. The van der Waals surface area contributed by atoms with Crippen molar-refractivity contribution in [3.8, 4) is 0 Å². The summed E-state index contributed by atoms with van der Waals surface area (Å²) in [4.78, 5) is 72.2. The number of aliphatic hydroxyl groups excluding tert-OH is 1. The summed E-state index contributed by atoms with van der Waals surface area (Å²) in [5.74, 6) is -3.57. The quantitative estimate of drug-likeness (QED) is 0.158. The van der Waals surface area contributed by atoms with Gasteiger partial charge in [-0.15, -0.1) is 4.91 Å². The lowest BCUT2D eigenvalue weighted by molar-refractivity contribution is -0.204. The van der Waals surface area contributed by atoms with E-state index in [1.807, 2.05) is 0 Å². The van der Waals surface area contributed by atoms with Crippen molar-refractivity contribution in [2.75, 3.05) is 6.61 Å². The Hall–Kier alpha value is -1.46. The topological polar surface area (TPSA) is 274 Å². The van der Waals surface area contributed by atoms with Crippen LogP contribution in [0.2, 0.25) is 0 Å². The fraction of sp³-hybridized carbons (Fsp3) is 0.636. The minimum Gasteiger partial charge on any atom is -0.384 e. The molecule has 0 spiro atoms. The standard InChI is InChI=1S/C11H17FN3O15P3/c1-2-10(14-19)7(17)11(12,28-8(10)15-4-3-6(16)13-9(15)18)5-27-32(23,24)30-33(25,26)29-31(20,21)22/h3-4,7-8,17H,2,5H2,1H3,(H,23,24)(H,25,26)(H,13,16,18)(H2,20,21,22)/t7-,8+,10+,11+/m0/s1. The second-order valence-corrected chi connectivity index (χ2v) is 10.9. The molecule has 33 heavy (non-hydrogen) atoms. The summed E-state index contributed by atoms with van der Waals surface area (Å²) in [6.07, 6.45) is -4.24. The van der Waals surface area contributed by atoms with Gasteiger partial charge in [-0.3, -0.25) is 18.9 Å². The highest BCUT2D eigenvalue weighted by Gasteiger charge is 2.67. The predicted octanol–water partition coefficient (Wildman–Crippen LogP) is -0.649. The summed E-state index contributed by atoms with van der Waals surface area (Å²) >= 11 is 0. The number of phosphoric ester groups is 1. The van der Waals surface area contributed by atoms with Gasteiger partial charge in [-0.1, -0.05) is 12.1 Å². The Morgan fingerprint density at radius 2 is 1.82 bits per heavy atom. The van der Waals surface area contributed by atoms with Crippen molar-refractivity contribution >= 4 is 23.5 Å². The van der Waals surface area contributed by atoms with E-state index in [0.717, 1.165) is 12.3 Å². The average Bonchev–Trinajstić information content (AvgIpc) is 2.86. The first-order valence-electron chi connectivity index (χ1n) is 8.39. The molecule has 188 valence electrons. The number of aromatic nitrogens is 2. The number of aromatic amines is 1. The summed E-state index contributed by atoms with van der Waals surface area (Å²) in [7, 11) is -17.4. The number of ether oxygens (including phenoxy) is 1. The van der Waals surface area contributed by atoms with Crippen LogP contribution >= 0.6 is 23.5 Å². The maximum Gasteiger partial charge on any atom is 0.490 e. The molecule has 6 N–H and O–H groups in total. The van der Waals surface area contributed by atoms with E-state index < -0.39 is 71.5 Å². The van der Waals surface area contributed by atoms with E-state index in [9.17, 15) is 38.2 Å². The van der Waals surface area contributed by atoms with Gasteiger partial charge in [0.2, 0.25) is 0 Å². The van der Waals surface area contributed by atoms with Crippen molar-refractivity contribution in [3.63, 3.8) is 0 Å². The molecule has 2 rings (SSSR count). The Balaban J connectivity index is 2.33. The summed E-state index contributed by atoms with van der Waals surface area (Å²) in [5, 5.41) is 13.1. The van der Waals surface area contributed by atoms with Crippen molar-refractivity contribution in [2.45, 2.75) is 37.1 Å². The molecule has 1 aliphatic rings. The Morgan fingerprint density at radius 3 is 2.30 bits per heavy atom. The van der Waals surface area contributed by atoms with E-state index in [2.05, 4.69) is 18.3 Å². The summed E-state index contributed by atoms with van der Waals surface area (Å²) < 4.78 is 65.6. The lowest BCUT2D eigenvalue weighted by Crippen LogP contribution is -2.50. The van der Waals surface area contributed by atoms with Gasteiger partial charge in [0.15, 0.2) is 11.8 Å². The Kier molecular flexibility index (Phi) is 7.83. The molecule has 0 amide bonds. The van der Waals surface area contributed by atoms with Gasteiger partial charge in [0.25, 0.3) is 11.4 Å². The Labute approximate surface area is 181 Å². The highest BCUT2D eigenvalue weighted by atomic mass is 31.3. The van der Waals surface area contributed by atoms with Gasteiger partial charge in [0.05, 0.1) is 0 Å². The van der Waals surface area contributed by atoms with Crippen LogP contribution in [0.5, 0.6) is 0 Å². The van der Waals surface area contributed by atoms with Crippen molar-refractivity contribution in [1.29, 1.82) is 0 Å². The molecule has 2 unspecified atom stereocenters. The molecule has 1 aromatic heterocycles. The van der Waals surface area contributed by atoms with Gasteiger partial charge in [-0.05, 0) is 6.42 Å². The van der Waals surface area contributed by atoms with Crippen LogP contribution in [0.3, 0.4) is 0 Å². The van der Waals surface area contributed by atoms with E-state index in [1.165, 1.54) is 6.92 Å². The molecule has 1 saturated heterocycles. The molecule has 6 atom stereocenters. The van der Waals surface area contributed by atoms with Crippen LogP contribution in [0.15, 0.2) is 27.0 Å². The van der Waals surface area contributed by atoms with E-state index in [4.69, 9.17) is 19.4 Å². The van der Waals surface area contributed by atoms with Crippen molar-refractivity contribution in [3.05, 3.63) is 38.0 Å². The van der Waals surface area contributed by atoms with Gasteiger partial charge >= 0.3 is 29.2 Å². The minimum absolute atomic E-state index is 0.463. The van der Waals surface area contributed by atoms with Crippen LogP contribution in [-0.2, 0) is 31.6 Å². The molecule has 1 fully saturated rings. The third-order valence-corrected chi connectivity index (χ3v) is 8.08. The lowest BCUT2D eigenvalue weighted by atomic mass is 9.87. The van der Waals surface area contributed by atoms with Crippen LogP contribution in [-0.4, -0.2) is 58.3 Å². The monoisotopic (exact) mass is 543 g/mol. The average molecular weight is 543 g/mol. The molecular formula is C11H17FN3O15P3. The largest absolute Gasteiger partial charge is 0.490 e. The van der Waals surface area contributed by atoms with Gasteiger partial charge in [-0.2, -0.15) is 8.62 Å². The number of hydrogen-bond acceptors (Lipinski definition) is 12. The fourth-order valence-corrected chi connectivity index (χ4v) is 5.92. The second kappa shape index (κ2) is 9.30. The highest BCUT2D eigenvalue weighted by Crippen LogP contribution is 2.66. The van der Waals surface area contributed by atoms with Gasteiger partial charge in [0.1, 0.15) is 12.7 Å². The van der Waals surface area contributed by atoms with Crippen molar-refractivity contribution in [1.82, 2.24) is 9.55 Å². The molecule has 0 aliphatic carbocycles. The number of nitroso groups, excluding NO2 is 1.